The van der Waals surface area contributed by atoms with Crippen LogP contribution in [0.2, 0.25) is 5.02 Å². The molecule has 3 aromatic carbocycles. The number of hydrogen-bond acceptors (Lipinski definition) is 3. The third-order valence-electron chi connectivity index (χ3n) is 3.57. The second kappa shape index (κ2) is 7.66. The molecule has 0 fully saturated rings. The number of hydrogen-bond donors (Lipinski definition) is 2. The van der Waals surface area contributed by atoms with Gasteiger partial charge in [0.05, 0.1) is 5.69 Å². The van der Waals surface area contributed by atoms with Gasteiger partial charge < -0.3 is 10.4 Å². The molecule has 0 spiro atoms. The van der Waals surface area contributed by atoms with Crippen molar-refractivity contribution in [1.82, 2.24) is 0 Å². The van der Waals surface area contributed by atoms with Gasteiger partial charge in [-0.15, -0.1) is 0 Å². The van der Waals surface area contributed by atoms with Gasteiger partial charge in [0.1, 0.15) is 5.75 Å². The fourth-order valence-corrected chi connectivity index (χ4v) is 2.35. The van der Waals surface area contributed by atoms with Gasteiger partial charge in [-0.1, -0.05) is 41.9 Å². The summed E-state index contributed by atoms with van der Waals surface area (Å²) in [6.07, 6.45) is 1.81. The second-order valence-corrected chi connectivity index (χ2v) is 5.78. The van der Waals surface area contributed by atoms with E-state index in [1.165, 1.54) is 0 Å². The Bertz CT molecular complexity index is 827. The largest absolute Gasteiger partial charge is 0.508 e. The molecule has 0 bridgehead atoms. The van der Waals surface area contributed by atoms with Crippen LogP contribution in [0.3, 0.4) is 0 Å². The molecule has 3 nitrogen and oxygen atoms in total. The molecule has 0 aliphatic heterocycles. The highest BCUT2D eigenvalue weighted by atomic mass is 35.5. The van der Waals surface area contributed by atoms with Gasteiger partial charge in [0.25, 0.3) is 0 Å². The summed E-state index contributed by atoms with van der Waals surface area (Å²) in [4.78, 5) is 4.44. The standard InChI is InChI=1S/C20H17ClN2O/c21-17-7-5-15(6-8-17)13-22-18-9-11-19(12-10-18)23-14-16-3-1-2-4-20(16)24/h1-13,23-24H,14H2. The maximum Gasteiger partial charge on any atom is 0.120 e. The van der Waals surface area contributed by atoms with Crippen LogP contribution in [0.4, 0.5) is 11.4 Å². The predicted molar refractivity (Wildman–Crippen MR) is 101 cm³/mol. The first-order valence-corrected chi connectivity index (χ1v) is 7.99. The van der Waals surface area contributed by atoms with E-state index in [4.69, 9.17) is 11.6 Å². The topological polar surface area (TPSA) is 44.6 Å². The van der Waals surface area contributed by atoms with Crippen molar-refractivity contribution >= 4 is 29.2 Å². The molecule has 0 atom stereocenters. The van der Waals surface area contributed by atoms with E-state index in [9.17, 15) is 5.11 Å². The predicted octanol–water partition coefficient (Wildman–Crippen LogP) is 5.41. The third kappa shape index (κ3) is 4.37. The van der Waals surface area contributed by atoms with Gasteiger partial charge in [-0.25, -0.2) is 0 Å². The lowest BCUT2D eigenvalue weighted by molar-refractivity contribution is 0.469. The van der Waals surface area contributed by atoms with E-state index < -0.39 is 0 Å². The number of nitrogens with one attached hydrogen (secondary N) is 1. The lowest BCUT2D eigenvalue weighted by atomic mass is 10.2. The molecule has 0 saturated carbocycles. The van der Waals surface area contributed by atoms with Crippen LogP contribution < -0.4 is 5.32 Å². The number of rotatable bonds is 5. The molecule has 0 radical (unpaired) electrons. The van der Waals surface area contributed by atoms with Gasteiger partial charge in [0, 0.05) is 29.0 Å². The van der Waals surface area contributed by atoms with Crippen LogP contribution in [0, 0.1) is 0 Å². The summed E-state index contributed by atoms with van der Waals surface area (Å²) in [5.41, 5.74) is 3.71. The first kappa shape index (κ1) is 16.1. The molecule has 0 saturated heterocycles. The van der Waals surface area contributed by atoms with Crippen LogP contribution in [0.25, 0.3) is 0 Å². The van der Waals surface area contributed by atoms with E-state index in [1.807, 2.05) is 66.7 Å². The zero-order valence-corrected chi connectivity index (χ0v) is 13.7. The molecule has 2 N–H and O–H groups in total. The van der Waals surface area contributed by atoms with Crippen LogP contribution in [-0.4, -0.2) is 11.3 Å². The van der Waals surface area contributed by atoms with Crippen molar-refractivity contribution < 1.29 is 5.11 Å². The summed E-state index contributed by atoms with van der Waals surface area (Å²) in [6, 6.07) is 22.7. The summed E-state index contributed by atoms with van der Waals surface area (Å²) in [6.45, 7) is 0.570. The number of para-hydroxylation sites is 1. The van der Waals surface area contributed by atoms with Crippen LogP contribution in [0.15, 0.2) is 77.8 Å². The van der Waals surface area contributed by atoms with Gasteiger partial charge >= 0.3 is 0 Å². The molecule has 24 heavy (non-hydrogen) atoms. The first-order chi connectivity index (χ1) is 11.7. The minimum absolute atomic E-state index is 0.300. The number of phenols is 1. The van der Waals surface area contributed by atoms with Crippen molar-refractivity contribution in [1.29, 1.82) is 0 Å². The maximum atomic E-state index is 9.76. The third-order valence-corrected chi connectivity index (χ3v) is 3.83. The van der Waals surface area contributed by atoms with Crippen LogP contribution in [0.1, 0.15) is 11.1 Å². The van der Waals surface area contributed by atoms with Gasteiger partial charge in [-0.2, -0.15) is 0 Å². The number of benzene rings is 3. The molecule has 0 aliphatic carbocycles. The van der Waals surface area contributed by atoms with E-state index >= 15 is 0 Å². The summed E-state index contributed by atoms with van der Waals surface area (Å²) >= 11 is 5.86. The maximum absolute atomic E-state index is 9.76. The number of nitrogens with zero attached hydrogens (tertiary/aromatic N) is 1. The average Bonchev–Trinajstić information content (AvgIpc) is 2.61. The van der Waals surface area contributed by atoms with Gasteiger partial charge in [-0.3, -0.25) is 4.99 Å². The van der Waals surface area contributed by atoms with Crippen molar-refractivity contribution in [2.45, 2.75) is 6.54 Å². The number of phenolic OH excluding ortho intramolecular Hbond substituents is 1. The number of aromatic hydroxyl groups is 1. The molecule has 3 rings (SSSR count). The Morgan fingerprint density at radius 1 is 0.917 bits per heavy atom. The first-order valence-electron chi connectivity index (χ1n) is 7.61. The Labute approximate surface area is 146 Å². The minimum Gasteiger partial charge on any atom is -0.508 e. The van der Waals surface area contributed by atoms with E-state index in [0.717, 1.165) is 22.5 Å². The molecule has 3 aromatic rings. The second-order valence-electron chi connectivity index (χ2n) is 5.34. The molecule has 4 heteroatoms. The average molecular weight is 337 g/mol. The normalized spacial score (nSPS) is 10.9. The van der Waals surface area contributed by atoms with Crippen molar-refractivity contribution in [2.75, 3.05) is 5.32 Å². The van der Waals surface area contributed by atoms with Gasteiger partial charge in [-0.05, 0) is 48.0 Å². The Balaban J connectivity index is 1.61. The smallest absolute Gasteiger partial charge is 0.120 e. The summed E-state index contributed by atoms with van der Waals surface area (Å²) < 4.78 is 0. The fourth-order valence-electron chi connectivity index (χ4n) is 2.22. The highest BCUT2D eigenvalue weighted by Gasteiger charge is 1.99. The zero-order chi connectivity index (χ0) is 16.8. The van der Waals surface area contributed by atoms with E-state index in [-0.39, 0.29) is 0 Å². The molecule has 0 unspecified atom stereocenters. The minimum atomic E-state index is 0.300. The Morgan fingerprint density at radius 3 is 2.33 bits per heavy atom. The highest BCUT2D eigenvalue weighted by molar-refractivity contribution is 6.30. The van der Waals surface area contributed by atoms with Gasteiger partial charge in [0.2, 0.25) is 0 Å². The van der Waals surface area contributed by atoms with E-state index in [0.29, 0.717) is 17.3 Å². The SMILES string of the molecule is Oc1ccccc1CNc1ccc(N=Cc2ccc(Cl)cc2)cc1. The van der Waals surface area contributed by atoms with Crippen LogP contribution >= 0.6 is 11.6 Å². The lowest BCUT2D eigenvalue weighted by Crippen LogP contribution is -1.99. The Hall–Kier alpha value is -2.78. The quantitative estimate of drug-likeness (QED) is 0.612. The number of aliphatic imine (C=N–C) groups is 1. The number of anilines is 1. The molecule has 120 valence electrons. The molecule has 0 amide bonds. The monoisotopic (exact) mass is 336 g/mol. The molecule has 0 aliphatic rings. The van der Waals surface area contributed by atoms with Crippen molar-refractivity contribution in [2.24, 2.45) is 4.99 Å². The van der Waals surface area contributed by atoms with Gasteiger partial charge in [0.15, 0.2) is 0 Å². The molecular weight excluding hydrogens is 320 g/mol. The Morgan fingerprint density at radius 2 is 1.62 bits per heavy atom. The summed E-state index contributed by atoms with van der Waals surface area (Å²) in [5, 5.41) is 13.8. The summed E-state index contributed by atoms with van der Waals surface area (Å²) in [7, 11) is 0. The summed E-state index contributed by atoms with van der Waals surface area (Å²) in [5.74, 6) is 0.300. The molecule has 0 heterocycles. The van der Waals surface area contributed by atoms with E-state index in [1.54, 1.807) is 12.3 Å². The highest BCUT2D eigenvalue weighted by Crippen LogP contribution is 2.20. The fraction of sp³-hybridized carbons (Fsp3) is 0.0500. The van der Waals surface area contributed by atoms with Crippen molar-refractivity contribution in [3.8, 4) is 5.75 Å². The number of halogens is 1. The van der Waals surface area contributed by atoms with Crippen LogP contribution in [0.5, 0.6) is 5.75 Å². The van der Waals surface area contributed by atoms with Crippen molar-refractivity contribution in [3.05, 3.63) is 88.9 Å². The van der Waals surface area contributed by atoms with Crippen molar-refractivity contribution in [3.63, 3.8) is 0 Å². The Kier molecular flexibility index (Phi) is 5.14. The molecular formula is C20H17ClN2O. The zero-order valence-electron chi connectivity index (χ0n) is 13.0. The lowest BCUT2D eigenvalue weighted by Gasteiger charge is -2.08. The van der Waals surface area contributed by atoms with E-state index in [2.05, 4.69) is 10.3 Å². The molecule has 0 aromatic heterocycles. The van der Waals surface area contributed by atoms with Crippen LogP contribution in [-0.2, 0) is 6.54 Å².